The van der Waals surface area contributed by atoms with E-state index in [9.17, 15) is 9.59 Å². The Hall–Kier alpha value is -1.79. The summed E-state index contributed by atoms with van der Waals surface area (Å²) >= 11 is 6.06. The van der Waals surface area contributed by atoms with E-state index in [0.29, 0.717) is 36.1 Å². The van der Waals surface area contributed by atoms with Gasteiger partial charge in [-0.3, -0.25) is 9.59 Å². The van der Waals surface area contributed by atoms with Crippen LogP contribution >= 0.6 is 11.6 Å². The second kappa shape index (κ2) is 7.62. The minimum Gasteiger partial charge on any atom is -0.495 e. The van der Waals surface area contributed by atoms with Gasteiger partial charge in [-0.15, -0.1) is 0 Å². The molecule has 1 aromatic rings. The Morgan fingerprint density at radius 3 is 2.76 bits per heavy atom. The summed E-state index contributed by atoms with van der Waals surface area (Å²) in [5, 5.41) is 0.514. The summed E-state index contributed by atoms with van der Waals surface area (Å²) in [6.45, 7) is 5.38. The van der Waals surface area contributed by atoms with E-state index in [1.165, 1.54) is 0 Å². The Bertz CT molecular complexity index is 663. The molecular formula is C18H26ClN3O3. The number of ether oxygens (including phenoxy) is 1. The molecule has 25 heavy (non-hydrogen) atoms. The number of methoxy groups -OCH3 is 1. The number of nitrogens with two attached hydrogens (primary N) is 1. The number of hydrogen-bond acceptors (Lipinski definition) is 4. The maximum Gasteiger partial charge on any atom is 0.227 e. The van der Waals surface area contributed by atoms with Gasteiger partial charge in [0.05, 0.1) is 18.7 Å². The van der Waals surface area contributed by atoms with Crippen molar-refractivity contribution in [2.75, 3.05) is 38.7 Å². The molecule has 1 atom stereocenters. The third kappa shape index (κ3) is 4.44. The summed E-state index contributed by atoms with van der Waals surface area (Å²) in [5.41, 5.74) is 6.18. The van der Waals surface area contributed by atoms with Gasteiger partial charge < -0.3 is 20.3 Å². The van der Waals surface area contributed by atoms with Crippen LogP contribution in [0.4, 0.5) is 5.69 Å². The summed E-state index contributed by atoms with van der Waals surface area (Å²) in [6.07, 6.45) is 0.182. The highest BCUT2D eigenvalue weighted by molar-refractivity contribution is 6.31. The molecule has 1 unspecified atom stereocenters. The van der Waals surface area contributed by atoms with E-state index in [2.05, 4.69) is 0 Å². The Balaban J connectivity index is 2.15. The van der Waals surface area contributed by atoms with Gasteiger partial charge in [-0.05, 0) is 30.2 Å². The molecular weight excluding hydrogens is 342 g/mol. The van der Waals surface area contributed by atoms with Crippen LogP contribution in [-0.2, 0) is 9.59 Å². The van der Waals surface area contributed by atoms with Crippen LogP contribution in [0, 0.1) is 11.3 Å². The van der Waals surface area contributed by atoms with Gasteiger partial charge in [0.2, 0.25) is 11.8 Å². The van der Waals surface area contributed by atoms with Crippen molar-refractivity contribution in [3.05, 3.63) is 23.2 Å². The molecule has 0 saturated carbocycles. The van der Waals surface area contributed by atoms with Crippen LogP contribution in [0.2, 0.25) is 5.02 Å². The summed E-state index contributed by atoms with van der Waals surface area (Å²) in [7, 11) is 3.30. The maximum absolute atomic E-state index is 12.7. The highest BCUT2D eigenvalue weighted by Gasteiger charge is 2.38. The zero-order valence-electron chi connectivity index (χ0n) is 15.2. The lowest BCUT2D eigenvalue weighted by atomic mass is 9.92. The van der Waals surface area contributed by atoms with Gasteiger partial charge in [-0.1, -0.05) is 25.4 Å². The second-order valence-electron chi connectivity index (χ2n) is 7.28. The molecule has 7 heteroatoms. The van der Waals surface area contributed by atoms with Gasteiger partial charge >= 0.3 is 0 Å². The Morgan fingerprint density at radius 2 is 2.16 bits per heavy atom. The highest BCUT2D eigenvalue weighted by atomic mass is 35.5. The minimum absolute atomic E-state index is 0.0432. The van der Waals surface area contributed by atoms with Crippen molar-refractivity contribution in [1.29, 1.82) is 0 Å². The summed E-state index contributed by atoms with van der Waals surface area (Å²) in [6, 6.07) is 5.11. The molecule has 1 heterocycles. The molecule has 0 radical (unpaired) electrons. The molecule has 1 aromatic carbocycles. The summed E-state index contributed by atoms with van der Waals surface area (Å²) < 4.78 is 5.32. The second-order valence-corrected chi connectivity index (χ2v) is 7.72. The normalized spacial score (nSPS) is 17.8. The van der Waals surface area contributed by atoms with Gasteiger partial charge in [0.25, 0.3) is 0 Å². The number of anilines is 1. The maximum atomic E-state index is 12.7. The largest absolute Gasteiger partial charge is 0.495 e. The van der Waals surface area contributed by atoms with E-state index >= 15 is 0 Å². The fraction of sp³-hybridized carbons (Fsp3) is 0.556. The number of rotatable bonds is 6. The van der Waals surface area contributed by atoms with Gasteiger partial charge in [0.15, 0.2) is 0 Å². The van der Waals surface area contributed by atoms with E-state index in [0.717, 1.165) is 0 Å². The SMILES string of the molecule is COc1ccc(Cl)cc1N1CC(C(=O)N(C)CC(C)(C)CN)CC1=O. The number of carbonyl (C=O) groups is 2. The van der Waals surface area contributed by atoms with E-state index in [1.807, 2.05) is 13.8 Å². The lowest BCUT2D eigenvalue weighted by molar-refractivity contribution is -0.135. The van der Waals surface area contributed by atoms with Gasteiger partial charge in [-0.2, -0.15) is 0 Å². The summed E-state index contributed by atoms with van der Waals surface area (Å²) in [4.78, 5) is 28.4. The predicted molar refractivity (Wildman–Crippen MR) is 98.9 cm³/mol. The van der Waals surface area contributed by atoms with Gasteiger partial charge in [-0.25, -0.2) is 0 Å². The molecule has 0 bridgehead atoms. The standard InChI is InChI=1S/C18H26ClN3O3/c1-18(2,10-20)11-21(3)17(24)12-7-16(23)22(9-12)14-8-13(19)5-6-15(14)25-4/h5-6,8,12H,7,9-11,20H2,1-4H3. The first kappa shape index (κ1) is 19.5. The smallest absolute Gasteiger partial charge is 0.227 e. The molecule has 0 spiro atoms. The van der Waals surface area contributed by atoms with Crippen LogP contribution in [0.3, 0.4) is 0 Å². The van der Waals surface area contributed by atoms with E-state index in [4.69, 9.17) is 22.1 Å². The fourth-order valence-corrected chi connectivity index (χ4v) is 3.24. The van der Waals surface area contributed by atoms with Crippen molar-refractivity contribution in [3.63, 3.8) is 0 Å². The molecule has 138 valence electrons. The molecule has 1 fully saturated rings. The molecule has 0 aromatic heterocycles. The average Bonchev–Trinajstić information content (AvgIpc) is 2.95. The molecule has 1 aliphatic heterocycles. The molecule has 6 nitrogen and oxygen atoms in total. The van der Waals surface area contributed by atoms with Crippen LogP contribution in [0.1, 0.15) is 20.3 Å². The van der Waals surface area contributed by atoms with E-state index in [1.54, 1.807) is 42.2 Å². The van der Waals surface area contributed by atoms with Crippen molar-refractivity contribution < 1.29 is 14.3 Å². The quantitative estimate of drug-likeness (QED) is 0.835. The Labute approximate surface area is 153 Å². The van der Waals surface area contributed by atoms with Crippen molar-refractivity contribution in [2.24, 2.45) is 17.1 Å². The van der Waals surface area contributed by atoms with Crippen molar-refractivity contribution >= 4 is 29.1 Å². The van der Waals surface area contributed by atoms with Crippen LogP contribution in [0.15, 0.2) is 18.2 Å². The van der Waals surface area contributed by atoms with Crippen LogP contribution in [0.5, 0.6) is 5.75 Å². The monoisotopic (exact) mass is 367 g/mol. The Kier molecular flexibility index (Phi) is 5.95. The summed E-state index contributed by atoms with van der Waals surface area (Å²) in [5.74, 6) is 0.0296. The molecule has 2 amide bonds. The first-order valence-corrected chi connectivity index (χ1v) is 8.65. The zero-order chi connectivity index (χ0) is 18.8. The highest BCUT2D eigenvalue weighted by Crippen LogP contribution is 2.35. The number of nitrogens with zero attached hydrogens (tertiary/aromatic N) is 2. The first-order valence-electron chi connectivity index (χ1n) is 8.27. The van der Waals surface area contributed by atoms with Crippen LogP contribution in [0.25, 0.3) is 0 Å². The molecule has 2 rings (SSSR count). The average molecular weight is 368 g/mol. The number of amides is 2. The van der Waals surface area contributed by atoms with Crippen molar-refractivity contribution in [2.45, 2.75) is 20.3 Å². The third-order valence-corrected chi connectivity index (χ3v) is 4.74. The van der Waals surface area contributed by atoms with E-state index in [-0.39, 0.29) is 29.6 Å². The molecule has 2 N–H and O–H groups in total. The molecule has 1 saturated heterocycles. The molecule has 1 aliphatic rings. The van der Waals surface area contributed by atoms with Gasteiger partial charge in [0, 0.05) is 31.6 Å². The number of halogens is 1. The van der Waals surface area contributed by atoms with Crippen LogP contribution < -0.4 is 15.4 Å². The lowest BCUT2D eigenvalue weighted by Crippen LogP contribution is -2.42. The third-order valence-electron chi connectivity index (χ3n) is 4.50. The number of carbonyl (C=O) groups excluding carboxylic acids is 2. The molecule has 0 aliphatic carbocycles. The zero-order valence-corrected chi connectivity index (χ0v) is 16.0. The minimum atomic E-state index is -0.380. The predicted octanol–water partition coefficient (Wildman–Crippen LogP) is 2.14. The lowest BCUT2D eigenvalue weighted by Gasteiger charge is -2.30. The van der Waals surface area contributed by atoms with Crippen molar-refractivity contribution in [1.82, 2.24) is 4.90 Å². The number of hydrogen-bond donors (Lipinski definition) is 1. The number of benzene rings is 1. The van der Waals surface area contributed by atoms with Gasteiger partial charge in [0.1, 0.15) is 5.75 Å². The van der Waals surface area contributed by atoms with E-state index < -0.39 is 0 Å². The topological polar surface area (TPSA) is 75.9 Å². The first-order chi connectivity index (χ1) is 11.7. The van der Waals surface area contributed by atoms with Crippen LogP contribution in [-0.4, -0.2) is 50.5 Å². The fourth-order valence-electron chi connectivity index (χ4n) is 3.08. The van der Waals surface area contributed by atoms with Crippen molar-refractivity contribution in [3.8, 4) is 5.75 Å². The Morgan fingerprint density at radius 1 is 1.48 bits per heavy atom.